The summed E-state index contributed by atoms with van der Waals surface area (Å²) in [5.41, 5.74) is 0.0956. The molecule has 0 atom stereocenters. The fourth-order valence-electron chi connectivity index (χ4n) is 0.890. The highest BCUT2D eigenvalue weighted by Gasteiger charge is 2.28. The van der Waals surface area contributed by atoms with Crippen LogP contribution in [0.25, 0.3) is 0 Å². The van der Waals surface area contributed by atoms with Gasteiger partial charge in [-0.2, -0.15) is 0 Å². The van der Waals surface area contributed by atoms with E-state index in [1.807, 2.05) is 6.92 Å². The Bertz CT molecular complexity index is 320. The fraction of sp³-hybridized carbons (Fsp3) is 0.625. The molecule has 1 aromatic heterocycles. The number of hydrogen-bond donors (Lipinski definition) is 1. The van der Waals surface area contributed by atoms with Crippen molar-refractivity contribution >= 4 is 17.5 Å². The van der Waals surface area contributed by atoms with Crippen molar-refractivity contribution in [1.82, 2.24) is 9.59 Å². The standard InChI is InChI=1S/C8H12N2O2S/c1-5-6(13-10-9-5)4-8(2,3)7(11)12/h4H2,1-3H3,(H,11,12). The SMILES string of the molecule is Cc1nnsc1CC(C)(C)C(=O)O. The molecule has 1 aromatic rings. The zero-order chi connectivity index (χ0) is 10.1. The Balaban J connectivity index is 2.80. The molecule has 0 bridgehead atoms. The number of aliphatic carboxylic acids is 1. The highest BCUT2D eigenvalue weighted by Crippen LogP contribution is 2.24. The summed E-state index contributed by atoms with van der Waals surface area (Å²) in [5.74, 6) is -0.791. The summed E-state index contributed by atoms with van der Waals surface area (Å²) < 4.78 is 3.76. The van der Waals surface area contributed by atoms with Crippen LogP contribution in [-0.2, 0) is 11.2 Å². The van der Waals surface area contributed by atoms with Crippen LogP contribution in [0.5, 0.6) is 0 Å². The van der Waals surface area contributed by atoms with E-state index in [-0.39, 0.29) is 0 Å². The van der Waals surface area contributed by atoms with E-state index in [4.69, 9.17) is 5.11 Å². The first-order valence-electron chi connectivity index (χ1n) is 3.95. The number of rotatable bonds is 3. The third kappa shape index (κ3) is 2.24. The predicted molar refractivity (Wildman–Crippen MR) is 49.8 cm³/mol. The van der Waals surface area contributed by atoms with E-state index in [1.54, 1.807) is 13.8 Å². The Hall–Kier alpha value is -0.970. The van der Waals surface area contributed by atoms with Crippen LogP contribution in [0, 0.1) is 12.3 Å². The number of carbonyl (C=O) groups is 1. The molecule has 13 heavy (non-hydrogen) atoms. The van der Waals surface area contributed by atoms with Crippen LogP contribution >= 0.6 is 11.5 Å². The lowest BCUT2D eigenvalue weighted by atomic mass is 9.88. The minimum absolute atomic E-state index is 0.492. The fourth-order valence-corrected chi connectivity index (χ4v) is 1.75. The van der Waals surface area contributed by atoms with E-state index >= 15 is 0 Å². The first-order chi connectivity index (χ1) is 5.93. The van der Waals surface area contributed by atoms with E-state index in [2.05, 4.69) is 9.59 Å². The molecule has 0 saturated heterocycles. The van der Waals surface area contributed by atoms with Gasteiger partial charge in [0.1, 0.15) is 0 Å². The summed E-state index contributed by atoms with van der Waals surface area (Å²) >= 11 is 1.27. The van der Waals surface area contributed by atoms with Crippen molar-refractivity contribution in [2.45, 2.75) is 27.2 Å². The molecule has 0 spiro atoms. The van der Waals surface area contributed by atoms with Crippen molar-refractivity contribution in [3.8, 4) is 0 Å². The van der Waals surface area contributed by atoms with E-state index < -0.39 is 11.4 Å². The quantitative estimate of drug-likeness (QED) is 0.803. The average Bonchev–Trinajstić information content (AvgIpc) is 2.35. The maximum Gasteiger partial charge on any atom is 0.309 e. The van der Waals surface area contributed by atoms with Gasteiger partial charge in [-0.05, 0) is 32.3 Å². The smallest absolute Gasteiger partial charge is 0.309 e. The van der Waals surface area contributed by atoms with Crippen molar-refractivity contribution in [2.24, 2.45) is 5.41 Å². The maximum atomic E-state index is 10.8. The van der Waals surface area contributed by atoms with Gasteiger partial charge in [0, 0.05) is 11.3 Å². The average molecular weight is 200 g/mol. The number of nitrogens with zero attached hydrogens (tertiary/aromatic N) is 2. The van der Waals surface area contributed by atoms with Crippen LogP contribution in [-0.4, -0.2) is 20.7 Å². The zero-order valence-corrected chi connectivity index (χ0v) is 8.68. The number of aryl methyl sites for hydroxylation is 1. The lowest BCUT2D eigenvalue weighted by Gasteiger charge is -2.17. The second-order valence-corrected chi connectivity index (χ2v) is 4.49. The molecule has 0 aromatic carbocycles. The van der Waals surface area contributed by atoms with Crippen LogP contribution in [0.4, 0.5) is 0 Å². The van der Waals surface area contributed by atoms with Gasteiger partial charge < -0.3 is 5.11 Å². The second kappa shape index (κ2) is 3.41. The molecule has 0 amide bonds. The van der Waals surface area contributed by atoms with E-state index in [9.17, 15) is 4.79 Å². The van der Waals surface area contributed by atoms with Crippen molar-refractivity contribution in [2.75, 3.05) is 0 Å². The topological polar surface area (TPSA) is 63.1 Å². The number of hydrogen-bond acceptors (Lipinski definition) is 4. The molecular formula is C8H12N2O2S. The molecule has 1 heterocycles. The minimum atomic E-state index is -0.791. The van der Waals surface area contributed by atoms with Crippen LogP contribution in [0.1, 0.15) is 24.4 Å². The van der Waals surface area contributed by atoms with Gasteiger partial charge in [-0.15, -0.1) is 5.10 Å². The molecule has 0 radical (unpaired) electrons. The number of carboxylic acids is 1. The molecule has 0 saturated carbocycles. The molecule has 72 valence electrons. The van der Waals surface area contributed by atoms with Crippen molar-refractivity contribution in [1.29, 1.82) is 0 Å². The van der Waals surface area contributed by atoms with Gasteiger partial charge in [0.05, 0.1) is 11.1 Å². The van der Waals surface area contributed by atoms with Crippen LogP contribution < -0.4 is 0 Å². The van der Waals surface area contributed by atoms with Gasteiger partial charge in [0.15, 0.2) is 0 Å². The maximum absolute atomic E-state index is 10.8. The molecule has 0 aliphatic rings. The normalized spacial score (nSPS) is 11.6. The Morgan fingerprint density at radius 3 is 2.62 bits per heavy atom. The number of aromatic nitrogens is 2. The summed E-state index contributed by atoms with van der Waals surface area (Å²) in [4.78, 5) is 11.8. The Labute approximate surface area is 80.8 Å². The monoisotopic (exact) mass is 200 g/mol. The van der Waals surface area contributed by atoms with Gasteiger partial charge in [-0.25, -0.2) is 0 Å². The van der Waals surface area contributed by atoms with Crippen LogP contribution in [0.3, 0.4) is 0 Å². The lowest BCUT2D eigenvalue weighted by Crippen LogP contribution is -2.26. The van der Waals surface area contributed by atoms with Gasteiger partial charge in [0.25, 0.3) is 0 Å². The first kappa shape index (κ1) is 10.1. The Morgan fingerprint density at radius 1 is 1.62 bits per heavy atom. The third-order valence-corrected chi connectivity index (χ3v) is 2.75. The number of carboxylic acid groups (broad SMARTS) is 1. The molecule has 5 heteroatoms. The van der Waals surface area contributed by atoms with Gasteiger partial charge in [-0.3, -0.25) is 4.79 Å². The molecule has 0 unspecified atom stereocenters. The van der Waals surface area contributed by atoms with Crippen molar-refractivity contribution < 1.29 is 9.90 Å². The molecule has 0 fully saturated rings. The Kier molecular flexibility index (Phi) is 2.66. The largest absolute Gasteiger partial charge is 0.481 e. The Morgan fingerprint density at radius 2 is 2.23 bits per heavy atom. The van der Waals surface area contributed by atoms with E-state index in [1.165, 1.54) is 11.5 Å². The predicted octanol–water partition coefficient (Wildman–Crippen LogP) is 1.50. The van der Waals surface area contributed by atoms with Gasteiger partial charge >= 0.3 is 5.97 Å². The highest BCUT2D eigenvalue weighted by atomic mass is 32.1. The first-order valence-corrected chi connectivity index (χ1v) is 4.72. The third-order valence-electron chi connectivity index (χ3n) is 1.93. The lowest BCUT2D eigenvalue weighted by molar-refractivity contribution is -0.146. The van der Waals surface area contributed by atoms with Crippen molar-refractivity contribution in [3.63, 3.8) is 0 Å². The van der Waals surface area contributed by atoms with Crippen LogP contribution in [0.2, 0.25) is 0 Å². The summed E-state index contributed by atoms with van der Waals surface area (Å²) in [7, 11) is 0. The summed E-state index contributed by atoms with van der Waals surface area (Å²) in [5, 5.41) is 12.7. The molecule has 1 rings (SSSR count). The summed E-state index contributed by atoms with van der Waals surface area (Å²) in [6, 6.07) is 0. The highest BCUT2D eigenvalue weighted by molar-refractivity contribution is 7.05. The van der Waals surface area contributed by atoms with Crippen LogP contribution in [0.15, 0.2) is 0 Å². The molecule has 4 nitrogen and oxygen atoms in total. The van der Waals surface area contributed by atoms with Crippen molar-refractivity contribution in [3.05, 3.63) is 10.6 Å². The summed E-state index contributed by atoms with van der Waals surface area (Å²) in [6.45, 7) is 5.25. The van der Waals surface area contributed by atoms with Gasteiger partial charge in [-0.1, -0.05) is 4.49 Å². The second-order valence-electron chi connectivity index (χ2n) is 3.65. The molecule has 1 N–H and O–H groups in total. The molecule has 0 aliphatic heterocycles. The minimum Gasteiger partial charge on any atom is -0.481 e. The summed E-state index contributed by atoms with van der Waals surface area (Å²) in [6.07, 6.45) is 0.492. The van der Waals surface area contributed by atoms with Gasteiger partial charge in [0.2, 0.25) is 0 Å². The zero-order valence-electron chi connectivity index (χ0n) is 7.87. The van der Waals surface area contributed by atoms with E-state index in [0.29, 0.717) is 6.42 Å². The molecule has 0 aliphatic carbocycles. The molecular weight excluding hydrogens is 188 g/mol. The van der Waals surface area contributed by atoms with E-state index in [0.717, 1.165) is 10.6 Å².